The Kier molecular flexibility index (Phi) is 3.76. The summed E-state index contributed by atoms with van der Waals surface area (Å²) in [7, 11) is 0. The molecule has 0 bridgehead atoms. The first-order chi connectivity index (χ1) is 8.49. The summed E-state index contributed by atoms with van der Waals surface area (Å²) in [6.45, 7) is 8.49. The second kappa shape index (κ2) is 5.14. The zero-order valence-electron chi connectivity index (χ0n) is 11.2. The number of benzene rings is 1. The highest BCUT2D eigenvalue weighted by molar-refractivity contribution is 9.10. The van der Waals surface area contributed by atoms with Crippen molar-refractivity contribution in [2.75, 3.05) is 5.32 Å². The van der Waals surface area contributed by atoms with Gasteiger partial charge in [0.05, 0.1) is 0 Å². The van der Waals surface area contributed by atoms with E-state index in [2.05, 4.69) is 70.6 Å². The summed E-state index contributed by atoms with van der Waals surface area (Å²) in [4.78, 5) is 4.38. The number of aryl methyl sites for hydroxylation is 2. The topological polar surface area (TPSA) is 29.9 Å². The number of hydrogen-bond donors (Lipinski definition) is 1. The van der Waals surface area contributed by atoms with E-state index in [1.165, 1.54) is 11.1 Å². The van der Waals surface area contributed by atoms with Gasteiger partial charge in [-0.3, -0.25) is 0 Å². The van der Waals surface area contributed by atoms with Crippen LogP contribution >= 0.6 is 15.9 Å². The largest absolute Gasteiger partial charge is 0.325 e. The minimum atomic E-state index is 0.395. The number of nitrogens with one attached hydrogen (secondary N) is 1. The third-order valence-corrected chi connectivity index (χ3v) is 3.42. The van der Waals surface area contributed by atoms with Crippen LogP contribution in [0.3, 0.4) is 0 Å². The maximum Gasteiger partial charge on any atom is 0.207 e. The lowest BCUT2D eigenvalue weighted by Crippen LogP contribution is -2.06. The molecule has 0 atom stereocenters. The van der Waals surface area contributed by atoms with Crippen molar-refractivity contribution in [3.8, 4) is 0 Å². The monoisotopic (exact) mass is 307 g/mol. The van der Waals surface area contributed by atoms with E-state index in [0.717, 1.165) is 16.1 Å². The van der Waals surface area contributed by atoms with Gasteiger partial charge in [0.1, 0.15) is 0 Å². The summed E-state index contributed by atoms with van der Waals surface area (Å²) in [6.07, 6.45) is 3.82. The van der Waals surface area contributed by atoms with Crippen molar-refractivity contribution in [2.45, 2.75) is 33.7 Å². The fraction of sp³-hybridized carbons (Fsp3) is 0.357. The molecule has 0 aliphatic heterocycles. The van der Waals surface area contributed by atoms with Crippen molar-refractivity contribution in [1.82, 2.24) is 9.55 Å². The van der Waals surface area contributed by atoms with Crippen molar-refractivity contribution >= 4 is 27.6 Å². The van der Waals surface area contributed by atoms with Crippen molar-refractivity contribution < 1.29 is 0 Å². The number of aromatic nitrogens is 2. The molecular weight excluding hydrogens is 290 g/mol. The summed E-state index contributed by atoms with van der Waals surface area (Å²) < 4.78 is 3.23. The smallest absolute Gasteiger partial charge is 0.207 e. The minimum Gasteiger partial charge on any atom is -0.325 e. The van der Waals surface area contributed by atoms with Gasteiger partial charge < -0.3 is 9.88 Å². The summed E-state index contributed by atoms with van der Waals surface area (Å²) in [6, 6.07) is 4.61. The molecule has 18 heavy (non-hydrogen) atoms. The molecular formula is C14H18BrN3. The Labute approximate surface area is 116 Å². The maximum absolute atomic E-state index is 4.38. The molecule has 2 aromatic rings. The minimum absolute atomic E-state index is 0.395. The lowest BCUT2D eigenvalue weighted by Gasteiger charge is -2.16. The van der Waals surface area contributed by atoms with Crippen LogP contribution in [0.25, 0.3) is 0 Å². The third kappa shape index (κ3) is 2.58. The van der Waals surface area contributed by atoms with Gasteiger partial charge in [0.2, 0.25) is 5.95 Å². The molecule has 0 fully saturated rings. The zero-order valence-corrected chi connectivity index (χ0v) is 12.7. The Morgan fingerprint density at radius 1 is 1.22 bits per heavy atom. The molecule has 0 aliphatic rings. The highest BCUT2D eigenvalue weighted by Gasteiger charge is 2.09. The van der Waals surface area contributed by atoms with Gasteiger partial charge in [-0.1, -0.05) is 15.9 Å². The van der Waals surface area contributed by atoms with Crippen LogP contribution in [-0.2, 0) is 0 Å². The number of halogens is 1. The fourth-order valence-corrected chi connectivity index (χ4v) is 2.73. The van der Waals surface area contributed by atoms with E-state index < -0.39 is 0 Å². The standard InChI is InChI=1S/C14H18BrN3/c1-9(2)18-6-5-16-14(18)17-13-10(3)7-12(15)8-11(13)4/h5-9H,1-4H3,(H,16,17). The van der Waals surface area contributed by atoms with Crippen LogP contribution in [0.4, 0.5) is 11.6 Å². The molecule has 3 nitrogen and oxygen atoms in total. The number of imidazole rings is 1. The molecule has 0 saturated carbocycles. The second-order valence-electron chi connectivity index (χ2n) is 4.79. The van der Waals surface area contributed by atoms with Crippen LogP contribution in [0, 0.1) is 13.8 Å². The van der Waals surface area contributed by atoms with Crippen LogP contribution in [0.5, 0.6) is 0 Å². The fourth-order valence-electron chi connectivity index (χ4n) is 2.05. The number of rotatable bonds is 3. The predicted octanol–water partition coefficient (Wildman–Crippen LogP) is 4.59. The van der Waals surface area contributed by atoms with E-state index >= 15 is 0 Å². The lowest BCUT2D eigenvalue weighted by atomic mass is 10.1. The van der Waals surface area contributed by atoms with E-state index in [0.29, 0.717) is 6.04 Å². The number of hydrogen-bond acceptors (Lipinski definition) is 2. The second-order valence-corrected chi connectivity index (χ2v) is 5.71. The van der Waals surface area contributed by atoms with Crippen LogP contribution < -0.4 is 5.32 Å². The highest BCUT2D eigenvalue weighted by atomic mass is 79.9. The van der Waals surface area contributed by atoms with Gasteiger partial charge >= 0.3 is 0 Å². The van der Waals surface area contributed by atoms with Crippen molar-refractivity contribution in [3.05, 3.63) is 40.1 Å². The molecule has 1 N–H and O–H groups in total. The molecule has 1 aromatic heterocycles. The van der Waals surface area contributed by atoms with E-state index in [9.17, 15) is 0 Å². The molecule has 4 heteroatoms. The summed E-state index contributed by atoms with van der Waals surface area (Å²) >= 11 is 3.51. The Morgan fingerprint density at radius 3 is 2.39 bits per heavy atom. The highest BCUT2D eigenvalue weighted by Crippen LogP contribution is 2.28. The van der Waals surface area contributed by atoms with E-state index in [1.807, 2.05) is 12.4 Å². The molecule has 2 rings (SSSR count). The molecule has 0 radical (unpaired) electrons. The van der Waals surface area contributed by atoms with Gasteiger partial charge in [0, 0.05) is 28.6 Å². The Morgan fingerprint density at radius 2 is 1.83 bits per heavy atom. The summed E-state index contributed by atoms with van der Waals surface area (Å²) in [5.74, 6) is 0.888. The molecule has 0 aliphatic carbocycles. The maximum atomic E-state index is 4.38. The summed E-state index contributed by atoms with van der Waals surface area (Å²) in [5.41, 5.74) is 3.55. The van der Waals surface area contributed by atoms with E-state index in [1.54, 1.807) is 0 Å². The van der Waals surface area contributed by atoms with Crippen molar-refractivity contribution in [1.29, 1.82) is 0 Å². The molecule has 0 unspecified atom stereocenters. The predicted molar refractivity (Wildman–Crippen MR) is 79.5 cm³/mol. The number of nitrogens with zero attached hydrogens (tertiary/aromatic N) is 2. The molecule has 96 valence electrons. The molecule has 0 spiro atoms. The Bertz CT molecular complexity index is 535. The van der Waals surface area contributed by atoms with Crippen LogP contribution in [0.15, 0.2) is 29.0 Å². The first-order valence-corrected chi connectivity index (χ1v) is 6.85. The van der Waals surface area contributed by atoms with Gasteiger partial charge in [-0.2, -0.15) is 0 Å². The first kappa shape index (κ1) is 13.1. The zero-order chi connectivity index (χ0) is 13.3. The van der Waals surface area contributed by atoms with Crippen molar-refractivity contribution in [2.24, 2.45) is 0 Å². The number of anilines is 2. The Hall–Kier alpha value is -1.29. The molecule has 1 heterocycles. The van der Waals surface area contributed by atoms with E-state index in [-0.39, 0.29) is 0 Å². The SMILES string of the molecule is Cc1cc(Br)cc(C)c1Nc1nccn1C(C)C. The van der Waals surface area contributed by atoms with Crippen LogP contribution in [0.2, 0.25) is 0 Å². The lowest BCUT2D eigenvalue weighted by molar-refractivity contribution is 0.607. The van der Waals surface area contributed by atoms with Gasteiger partial charge in [0.25, 0.3) is 0 Å². The Balaban J connectivity index is 2.37. The van der Waals surface area contributed by atoms with Gasteiger partial charge in [-0.15, -0.1) is 0 Å². The quantitative estimate of drug-likeness (QED) is 0.899. The molecule has 0 amide bonds. The average molecular weight is 308 g/mol. The van der Waals surface area contributed by atoms with Gasteiger partial charge in [0.15, 0.2) is 0 Å². The normalized spacial score (nSPS) is 11.0. The molecule has 0 saturated heterocycles. The van der Waals surface area contributed by atoms with Crippen LogP contribution in [0.1, 0.15) is 31.0 Å². The first-order valence-electron chi connectivity index (χ1n) is 6.05. The van der Waals surface area contributed by atoms with Crippen LogP contribution in [-0.4, -0.2) is 9.55 Å². The van der Waals surface area contributed by atoms with Crippen molar-refractivity contribution in [3.63, 3.8) is 0 Å². The van der Waals surface area contributed by atoms with Gasteiger partial charge in [-0.25, -0.2) is 4.98 Å². The molecule has 1 aromatic carbocycles. The van der Waals surface area contributed by atoms with Gasteiger partial charge in [-0.05, 0) is 51.0 Å². The third-order valence-electron chi connectivity index (χ3n) is 2.96. The van der Waals surface area contributed by atoms with E-state index in [4.69, 9.17) is 0 Å². The average Bonchev–Trinajstić information content (AvgIpc) is 2.71. The summed E-state index contributed by atoms with van der Waals surface area (Å²) in [5, 5.41) is 3.43.